The minimum absolute atomic E-state index is 0.0814. The molecule has 0 radical (unpaired) electrons. The van der Waals surface area contributed by atoms with Crippen molar-refractivity contribution in [3.05, 3.63) is 53.9 Å². The van der Waals surface area contributed by atoms with Crippen LogP contribution < -0.4 is 5.73 Å². The van der Waals surface area contributed by atoms with Crippen LogP contribution in [0.1, 0.15) is 22.5 Å². The van der Waals surface area contributed by atoms with E-state index in [9.17, 15) is 14.7 Å². The zero-order valence-corrected chi connectivity index (χ0v) is 15.0. The quantitative estimate of drug-likeness (QED) is 0.689. The van der Waals surface area contributed by atoms with Crippen molar-refractivity contribution in [1.29, 1.82) is 0 Å². The molecule has 9 heteroatoms. The fourth-order valence-corrected chi connectivity index (χ4v) is 3.12. The fourth-order valence-electron chi connectivity index (χ4n) is 3.12. The van der Waals surface area contributed by atoms with Gasteiger partial charge in [-0.05, 0) is 24.3 Å². The van der Waals surface area contributed by atoms with Gasteiger partial charge in [0.2, 0.25) is 11.5 Å². The number of aromatic nitrogens is 3. The highest BCUT2D eigenvalue weighted by Crippen LogP contribution is 2.34. The summed E-state index contributed by atoms with van der Waals surface area (Å²) in [6.45, 7) is 0.432. The molecule has 1 aliphatic rings. The third-order valence-corrected chi connectivity index (χ3v) is 4.75. The molecule has 1 fully saturated rings. The first-order chi connectivity index (χ1) is 13.4. The molecule has 0 unspecified atom stereocenters. The average molecular weight is 379 g/mol. The number of likely N-dealkylation sites (tertiary alicyclic amines) is 1. The Bertz CT molecular complexity index is 1080. The summed E-state index contributed by atoms with van der Waals surface area (Å²) in [6, 6.07) is 9.80. The Labute approximate surface area is 159 Å². The third-order valence-electron chi connectivity index (χ3n) is 4.75. The molecule has 28 heavy (non-hydrogen) atoms. The number of nitrogens with zero attached hydrogens (tertiary/aromatic N) is 4. The molecule has 2 amide bonds. The molecule has 0 aromatic carbocycles. The fraction of sp³-hybridized carbons (Fsp3) is 0.211. The Hall–Kier alpha value is -3.59. The number of rotatable bonds is 4. The van der Waals surface area contributed by atoms with E-state index in [1.807, 2.05) is 0 Å². The van der Waals surface area contributed by atoms with Gasteiger partial charge in [0.05, 0.1) is 17.1 Å². The zero-order chi connectivity index (χ0) is 19.9. The number of pyridine rings is 2. The number of aliphatic hydroxyl groups is 1. The normalized spacial score (nSPS) is 19.2. The molecule has 0 bridgehead atoms. The van der Waals surface area contributed by atoms with Crippen LogP contribution >= 0.6 is 0 Å². The Kier molecular flexibility index (Phi) is 4.16. The summed E-state index contributed by atoms with van der Waals surface area (Å²) >= 11 is 0. The monoisotopic (exact) mass is 379 g/mol. The molecular formula is C19H17N5O4. The smallest absolute Gasteiger partial charge is 0.262 e. The van der Waals surface area contributed by atoms with E-state index in [4.69, 9.17) is 10.3 Å². The van der Waals surface area contributed by atoms with Crippen LogP contribution in [0.25, 0.3) is 22.8 Å². The van der Waals surface area contributed by atoms with E-state index >= 15 is 0 Å². The summed E-state index contributed by atoms with van der Waals surface area (Å²) < 4.78 is 5.26. The van der Waals surface area contributed by atoms with E-state index in [1.165, 1.54) is 23.2 Å². The lowest BCUT2D eigenvalue weighted by Gasteiger charge is -2.16. The van der Waals surface area contributed by atoms with Crippen LogP contribution in [0, 0.1) is 0 Å². The lowest BCUT2D eigenvalue weighted by molar-refractivity contribution is -0.144. The number of hydrogen-bond donors (Lipinski definition) is 2. The number of primary amides is 1. The summed E-state index contributed by atoms with van der Waals surface area (Å²) in [5.74, 6) is -0.900. The lowest BCUT2D eigenvalue weighted by Crippen LogP contribution is -2.35. The molecule has 0 aliphatic carbocycles. The highest BCUT2D eigenvalue weighted by atomic mass is 16.5. The van der Waals surface area contributed by atoms with Crippen LogP contribution in [0.5, 0.6) is 0 Å². The van der Waals surface area contributed by atoms with Crippen LogP contribution in [0.4, 0.5) is 0 Å². The van der Waals surface area contributed by atoms with Crippen LogP contribution in [-0.4, -0.2) is 50.5 Å². The van der Waals surface area contributed by atoms with Gasteiger partial charge < -0.3 is 20.3 Å². The van der Waals surface area contributed by atoms with E-state index < -0.39 is 17.4 Å². The Balaban J connectivity index is 1.68. The van der Waals surface area contributed by atoms with Gasteiger partial charge in [-0.1, -0.05) is 11.2 Å². The summed E-state index contributed by atoms with van der Waals surface area (Å²) in [7, 11) is 1.62. The summed E-state index contributed by atoms with van der Waals surface area (Å²) in [4.78, 5) is 33.8. The second kappa shape index (κ2) is 6.54. The van der Waals surface area contributed by atoms with E-state index in [2.05, 4.69) is 15.1 Å². The standard InChI is InChI=1S/C19H17N5O4/c1-24-8-6-19(27,18(24)26)16-10-15(23-28-16)13-4-2-3-12(22-13)14-9-11(17(20)25)5-7-21-14/h2-5,7,9-10,27H,6,8H2,1H3,(H2,20,25)/t19-/m1/s1. The predicted octanol–water partition coefficient (Wildman–Crippen LogP) is 0.947. The number of nitrogens with two attached hydrogens (primary N) is 1. The van der Waals surface area contributed by atoms with Gasteiger partial charge in [-0.15, -0.1) is 0 Å². The van der Waals surface area contributed by atoms with Gasteiger partial charge in [-0.2, -0.15) is 0 Å². The molecule has 4 rings (SSSR count). The van der Waals surface area contributed by atoms with Crippen LogP contribution in [0.3, 0.4) is 0 Å². The molecule has 9 nitrogen and oxygen atoms in total. The maximum atomic E-state index is 12.2. The highest BCUT2D eigenvalue weighted by molar-refractivity contribution is 5.93. The maximum absolute atomic E-state index is 12.2. The second-order valence-corrected chi connectivity index (χ2v) is 6.62. The van der Waals surface area contributed by atoms with Crippen molar-refractivity contribution < 1.29 is 19.2 Å². The van der Waals surface area contributed by atoms with Gasteiger partial charge >= 0.3 is 0 Å². The van der Waals surface area contributed by atoms with E-state index in [0.29, 0.717) is 34.9 Å². The highest BCUT2D eigenvalue weighted by Gasteiger charge is 2.48. The van der Waals surface area contributed by atoms with Crippen LogP contribution in [-0.2, 0) is 10.4 Å². The zero-order valence-electron chi connectivity index (χ0n) is 15.0. The van der Waals surface area contributed by atoms with Gasteiger partial charge in [0.25, 0.3) is 5.91 Å². The molecule has 1 saturated heterocycles. The molecule has 142 valence electrons. The predicted molar refractivity (Wildman–Crippen MR) is 97.6 cm³/mol. The van der Waals surface area contributed by atoms with Gasteiger partial charge in [-0.3, -0.25) is 14.6 Å². The minimum atomic E-state index is -1.71. The number of hydrogen-bond acceptors (Lipinski definition) is 7. The minimum Gasteiger partial charge on any atom is -0.373 e. The number of likely N-dealkylation sites (N-methyl/N-ethyl adjacent to an activating group) is 1. The first-order valence-electron chi connectivity index (χ1n) is 8.57. The van der Waals surface area contributed by atoms with E-state index in [1.54, 1.807) is 31.3 Å². The van der Waals surface area contributed by atoms with E-state index in [0.717, 1.165) is 0 Å². The maximum Gasteiger partial charge on any atom is 0.262 e. The molecule has 1 atom stereocenters. The van der Waals surface area contributed by atoms with Crippen LogP contribution in [0.15, 0.2) is 47.1 Å². The molecule has 4 heterocycles. The Morgan fingerprint density at radius 2 is 1.96 bits per heavy atom. The number of amides is 2. The van der Waals surface area contributed by atoms with Crippen molar-refractivity contribution in [1.82, 2.24) is 20.0 Å². The molecule has 0 spiro atoms. The third kappa shape index (κ3) is 2.91. The molecule has 0 saturated carbocycles. The summed E-state index contributed by atoms with van der Waals surface area (Å²) in [6.07, 6.45) is 1.71. The van der Waals surface area contributed by atoms with Crippen molar-refractivity contribution in [3.63, 3.8) is 0 Å². The Morgan fingerprint density at radius 1 is 1.21 bits per heavy atom. The SMILES string of the molecule is CN1CC[C@@](O)(c2cc(-c3cccc(-c4cc(C(N)=O)ccn4)n3)no2)C1=O. The van der Waals surface area contributed by atoms with Crippen molar-refractivity contribution >= 4 is 11.8 Å². The Morgan fingerprint density at radius 3 is 2.64 bits per heavy atom. The summed E-state index contributed by atoms with van der Waals surface area (Å²) in [5.41, 5.74) is 5.77. The molecule has 3 aromatic heterocycles. The first-order valence-corrected chi connectivity index (χ1v) is 8.57. The van der Waals surface area contributed by atoms with E-state index in [-0.39, 0.29) is 12.2 Å². The average Bonchev–Trinajstić information content (AvgIpc) is 3.31. The van der Waals surface area contributed by atoms with Gasteiger partial charge in [0.1, 0.15) is 5.69 Å². The first kappa shape index (κ1) is 17.8. The van der Waals surface area contributed by atoms with Crippen LogP contribution in [0.2, 0.25) is 0 Å². The van der Waals surface area contributed by atoms with Crippen molar-refractivity contribution in [2.75, 3.05) is 13.6 Å². The van der Waals surface area contributed by atoms with Crippen molar-refractivity contribution in [2.45, 2.75) is 12.0 Å². The second-order valence-electron chi connectivity index (χ2n) is 6.62. The lowest BCUT2D eigenvalue weighted by atomic mass is 9.98. The van der Waals surface area contributed by atoms with Gasteiger partial charge in [0, 0.05) is 37.8 Å². The summed E-state index contributed by atoms with van der Waals surface area (Å²) in [5, 5.41) is 14.6. The van der Waals surface area contributed by atoms with Crippen molar-refractivity contribution in [3.8, 4) is 22.8 Å². The van der Waals surface area contributed by atoms with Gasteiger partial charge in [0.15, 0.2) is 5.76 Å². The number of carbonyl (C=O) groups excluding carboxylic acids is 2. The van der Waals surface area contributed by atoms with Gasteiger partial charge in [-0.25, -0.2) is 4.98 Å². The van der Waals surface area contributed by atoms with Crippen molar-refractivity contribution in [2.24, 2.45) is 5.73 Å². The topological polar surface area (TPSA) is 135 Å². The molecular weight excluding hydrogens is 362 g/mol. The largest absolute Gasteiger partial charge is 0.373 e. The number of carbonyl (C=O) groups is 2. The molecule has 3 N–H and O–H groups in total. The molecule has 1 aliphatic heterocycles. The molecule has 3 aromatic rings.